The monoisotopic (exact) mass is 565 g/mol. The van der Waals surface area contributed by atoms with Gasteiger partial charge in [0.15, 0.2) is 6.10 Å². The Labute approximate surface area is 230 Å². The highest BCUT2D eigenvalue weighted by Crippen LogP contribution is 2.42. The van der Waals surface area contributed by atoms with Crippen LogP contribution in [0.25, 0.3) is 0 Å². The Morgan fingerprint density at radius 2 is 1.77 bits per heavy atom. The number of anilines is 1. The number of amides is 2. The third kappa shape index (κ3) is 7.46. The van der Waals surface area contributed by atoms with E-state index in [0.717, 1.165) is 37.9 Å². The van der Waals surface area contributed by atoms with Gasteiger partial charge < -0.3 is 26.0 Å². The van der Waals surface area contributed by atoms with E-state index in [1.54, 1.807) is 6.07 Å². The zero-order valence-corrected chi connectivity index (χ0v) is 22.5. The molecule has 1 fully saturated rings. The molecule has 40 heavy (non-hydrogen) atoms. The van der Waals surface area contributed by atoms with E-state index in [1.807, 2.05) is 0 Å². The summed E-state index contributed by atoms with van der Waals surface area (Å²) >= 11 is 0. The van der Waals surface area contributed by atoms with Crippen LogP contribution < -0.4 is 16.7 Å². The minimum Gasteiger partial charge on any atom is -0.394 e. The number of ether oxygens (including phenoxy) is 1. The summed E-state index contributed by atoms with van der Waals surface area (Å²) in [5.74, 6) is -5.84. The van der Waals surface area contributed by atoms with Gasteiger partial charge in [0.1, 0.15) is 17.6 Å². The van der Waals surface area contributed by atoms with Crippen LogP contribution in [0.5, 0.6) is 0 Å². The number of alkyl halides is 2. The Hall–Kier alpha value is -3.29. The van der Waals surface area contributed by atoms with Gasteiger partial charge in [-0.05, 0) is 30.5 Å². The Morgan fingerprint density at radius 3 is 2.35 bits per heavy atom. The highest BCUT2D eigenvalue weighted by atomic mass is 19.3. The highest BCUT2D eigenvalue weighted by Gasteiger charge is 2.59. The molecule has 2 aromatic heterocycles. The van der Waals surface area contributed by atoms with Crippen molar-refractivity contribution in [3.05, 3.63) is 51.8 Å². The average Bonchev–Trinajstić information content (AvgIpc) is 3.15. The summed E-state index contributed by atoms with van der Waals surface area (Å²) in [6.45, 7) is 1.31. The molecule has 1 aliphatic rings. The molecule has 1 saturated heterocycles. The van der Waals surface area contributed by atoms with Crippen molar-refractivity contribution in [3.8, 4) is 0 Å². The lowest BCUT2D eigenvalue weighted by Gasteiger charge is -2.21. The minimum atomic E-state index is -3.88. The molecule has 0 bridgehead atoms. The molecule has 220 valence electrons. The van der Waals surface area contributed by atoms with Gasteiger partial charge in [0.05, 0.1) is 12.2 Å². The molecular formula is C27H37F2N5O6. The molecular weight excluding hydrogens is 528 g/mol. The number of carbonyl (C=O) groups excluding carboxylic acids is 2. The second kappa shape index (κ2) is 14.4. The SMILES string of the molecule is CCCCCCCCCCCc1ccnc(C(=O)Nc2ccn([C@@H]3O[C@H](CO)[C@@H](O)C3(F)F)c(=O)n2)c1C(N)=O. The number of nitrogens with two attached hydrogens (primary N) is 1. The molecule has 0 unspecified atom stereocenters. The normalized spacial score (nSPS) is 20.0. The largest absolute Gasteiger partial charge is 0.394 e. The van der Waals surface area contributed by atoms with E-state index in [4.69, 9.17) is 15.6 Å². The lowest BCUT2D eigenvalue weighted by Crippen LogP contribution is -2.41. The Kier molecular flexibility index (Phi) is 11.2. The fourth-order valence-electron chi connectivity index (χ4n) is 4.74. The van der Waals surface area contributed by atoms with Gasteiger partial charge in [0.25, 0.3) is 11.8 Å². The van der Waals surface area contributed by atoms with Crippen LogP contribution >= 0.6 is 0 Å². The van der Waals surface area contributed by atoms with Crippen molar-refractivity contribution in [2.24, 2.45) is 5.73 Å². The lowest BCUT2D eigenvalue weighted by molar-refractivity contribution is -0.140. The van der Waals surface area contributed by atoms with Crippen molar-refractivity contribution in [2.75, 3.05) is 11.9 Å². The van der Waals surface area contributed by atoms with E-state index in [-0.39, 0.29) is 17.1 Å². The summed E-state index contributed by atoms with van der Waals surface area (Å²) < 4.78 is 34.2. The standard InChI is InChI=1S/C27H37F2N5O6/c1-2-3-4-5-6-7-8-9-10-11-17-12-14-31-21(20(17)23(30)37)24(38)32-19-13-15-34(26(39)33-19)25-27(28,29)22(36)18(16-35)40-25/h12-15,18,22,25,35-36H,2-11,16H2,1H3,(H2,30,37)(H,32,33,38,39)/t18-,22-,25-/m1/s1. The third-order valence-electron chi connectivity index (χ3n) is 6.93. The van der Waals surface area contributed by atoms with E-state index < -0.39 is 48.5 Å². The molecule has 0 spiro atoms. The summed E-state index contributed by atoms with van der Waals surface area (Å²) in [6.07, 6.45) is 6.88. The number of hydrogen-bond acceptors (Lipinski definition) is 8. The molecule has 1 aliphatic heterocycles. The number of primary amides is 1. The van der Waals surface area contributed by atoms with Crippen molar-refractivity contribution in [1.82, 2.24) is 14.5 Å². The number of nitrogens with zero attached hydrogens (tertiary/aromatic N) is 3. The van der Waals surface area contributed by atoms with Gasteiger partial charge in [-0.25, -0.2) is 4.79 Å². The number of pyridine rings is 1. The van der Waals surface area contributed by atoms with Crippen molar-refractivity contribution < 1.29 is 33.3 Å². The summed E-state index contributed by atoms with van der Waals surface area (Å²) in [6, 6.07) is 2.71. The first-order valence-electron chi connectivity index (χ1n) is 13.6. The van der Waals surface area contributed by atoms with E-state index in [0.29, 0.717) is 16.6 Å². The van der Waals surface area contributed by atoms with Crippen LogP contribution in [-0.2, 0) is 11.2 Å². The maximum atomic E-state index is 14.4. The molecule has 5 N–H and O–H groups in total. The smallest absolute Gasteiger partial charge is 0.351 e. The quantitative estimate of drug-likeness (QED) is 0.239. The predicted molar refractivity (Wildman–Crippen MR) is 142 cm³/mol. The van der Waals surface area contributed by atoms with Gasteiger partial charge >= 0.3 is 11.6 Å². The number of carbonyl (C=O) groups is 2. The van der Waals surface area contributed by atoms with Crippen LogP contribution in [0.2, 0.25) is 0 Å². The molecule has 0 radical (unpaired) electrons. The molecule has 3 heterocycles. The second-order valence-corrected chi connectivity index (χ2v) is 9.92. The number of aliphatic hydroxyl groups is 2. The van der Waals surface area contributed by atoms with E-state index >= 15 is 0 Å². The van der Waals surface area contributed by atoms with Crippen LogP contribution in [0.4, 0.5) is 14.6 Å². The Morgan fingerprint density at radius 1 is 1.12 bits per heavy atom. The number of rotatable bonds is 15. The molecule has 3 atom stereocenters. The van der Waals surface area contributed by atoms with Gasteiger partial charge in [-0.3, -0.25) is 19.1 Å². The molecule has 3 rings (SSSR count). The van der Waals surface area contributed by atoms with Gasteiger partial charge in [0, 0.05) is 12.4 Å². The number of aliphatic hydroxyl groups excluding tert-OH is 2. The topological polar surface area (TPSA) is 170 Å². The van der Waals surface area contributed by atoms with Crippen molar-refractivity contribution in [3.63, 3.8) is 0 Å². The zero-order valence-electron chi connectivity index (χ0n) is 22.5. The highest BCUT2D eigenvalue weighted by molar-refractivity contribution is 6.10. The van der Waals surface area contributed by atoms with E-state index in [1.165, 1.54) is 38.3 Å². The fourth-order valence-corrected chi connectivity index (χ4v) is 4.74. The maximum Gasteiger partial charge on any atom is 0.351 e. The van der Waals surface area contributed by atoms with Gasteiger partial charge in [-0.1, -0.05) is 58.3 Å². The fraction of sp³-hybridized carbons (Fsp3) is 0.593. The van der Waals surface area contributed by atoms with Gasteiger partial charge in [-0.15, -0.1) is 0 Å². The molecule has 2 amide bonds. The molecule has 0 aliphatic carbocycles. The van der Waals surface area contributed by atoms with E-state index in [2.05, 4.69) is 22.2 Å². The van der Waals surface area contributed by atoms with Crippen LogP contribution in [-0.4, -0.2) is 61.3 Å². The van der Waals surface area contributed by atoms with Crippen LogP contribution in [0.3, 0.4) is 0 Å². The molecule has 0 aromatic carbocycles. The third-order valence-corrected chi connectivity index (χ3v) is 6.93. The Bertz CT molecular complexity index is 1220. The maximum absolute atomic E-state index is 14.4. The average molecular weight is 566 g/mol. The summed E-state index contributed by atoms with van der Waals surface area (Å²) in [5.41, 5.74) is 4.68. The molecule has 11 nitrogen and oxygen atoms in total. The number of aryl methyl sites for hydroxylation is 1. The molecule has 13 heteroatoms. The first-order chi connectivity index (χ1) is 19.1. The zero-order chi connectivity index (χ0) is 29.3. The first kappa shape index (κ1) is 31.2. The number of aromatic nitrogens is 3. The van der Waals surface area contributed by atoms with Gasteiger partial charge in [-0.2, -0.15) is 13.8 Å². The van der Waals surface area contributed by atoms with Crippen LogP contribution in [0.15, 0.2) is 29.3 Å². The number of halogens is 2. The number of hydrogen-bond donors (Lipinski definition) is 4. The number of unbranched alkanes of at least 4 members (excludes halogenated alkanes) is 8. The summed E-state index contributed by atoms with van der Waals surface area (Å²) in [5, 5.41) is 21.2. The van der Waals surface area contributed by atoms with Crippen molar-refractivity contribution in [2.45, 2.75) is 95.5 Å². The van der Waals surface area contributed by atoms with Crippen molar-refractivity contribution in [1.29, 1.82) is 0 Å². The molecule has 2 aromatic rings. The molecule has 0 saturated carbocycles. The first-order valence-corrected chi connectivity index (χ1v) is 13.6. The Balaban J connectivity index is 1.66. The summed E-state index contributed by atoms with van der Waals surface area (Å²) in [4.78, 5) is 45.3. The minimum absolute atomic E-state index is 0.0315. The number of nitrogens with one attached hydrogen (secondary N) is 1. The van der Waals surface area contributed by atoms with Gasteiger partial charge in [0.2, 0.25) is 6.23 Å². The van der Waals surface area contributed by atoms with Crippen LogP contribution in [0.1, 0.15) is 97.3 Å². The van der Waals surface area contributed by atoms with Crippen molar-refractivity contribution >= 4 is 17.6 Å². The van der Waals surface area contributed by atoms with Crippen LogP contribution in [0, 0.1) is 0 Å². The summed E-state index contributed by atoms with van der Waals surface area (Å²) in [7, 11) is 0. The second-order valence-electron chi connectivity index (χ2n) is 9.92. The lowest BCUT2D eigenvalue weighted by atomic mass is 9.98. The predicted octanol–water partition coefficient (Wildman–Crippen LogP) is 2.95. The van der Waals surface area contributed by atoms with E-state index in [9.17, 15) is 28.3 Å².